The number of ether oxygens (including phenoxy) is 1. The van der Waals surface area contributed by atoms with Gasteiger partial charge in [-0.25, -0.2) is 0 Å². The molecule has 0 aromatic heterocycles. The fourth-order valence-electron chi connectivity index (χ4n) is 1.43. The van der Waals surface area contributed by atoms with E-state index in [1.54, 1.807) is 24.3 Å². The molecule has 0 spiro atoms. The van der Waals surface area contributed by atoms with E-state index in [9.17, 15) is 0 Å². The maximum Gasteiger partial charge on any atom is 0.146 e. The van der Waals surface area contributed by atoms with Crippen LogP contribution in [0.2, 0.25) is 5.02 Å². The molecule has 3 nitrogen and oxygen atoms in total. The van der Waals surface area contributed by atoms with Gasteiger partial charge in [0.25, 0.3) is 0 Å². The summed E-state index contributed by atoms with van der Waals surface area (Å²) in [4.78, 5) is 0. The van der Waals surface area contributed by atoms with Crippen molar-refractivity contribution in [2.75, 3.05) is 11.5 Å². The quantitative estimate of drug-likeness (QED) is 0.798. The molecule has 4 N–H and O–H groups in total. The predicted molar refractivity (Wildman–Crippen MR) is 71.5 cm³/mol. The van der Waals surface area contributed by atoms with Crippen molar-refractivity contribution in [1.82, 2.24) is 0 Å². The van der Waals surface area contributed by atoms with E-state index in [4.69, 9.17) is 27.8 Å². The molecule has 0 aliphatic rings. The van der Waals surface area contributed by atoms with E-state index in [-0.39, 0.29) is 0 Å². The minimum absolute atomic E-state index is 0.492. The molecule has 2 aromatic carbocycles. The van der Waals surface area contributed by atoms with Gasteiger partial charge in [0.2, 0.25) is 0 Å². The molecule has 0 heterocycles. The van der Waals surface area contributed by atoms with Crippen LogP contribution in [0.1, 0.15) is 5.56 Å². The van der Waals surface area contributed by atoms with Crippen LogP contribution in [0.3, 0.4) is 0 Å². The molecular formula is C13H13ClN2O. The average Bonchev–Trinajstić information content (AvgIpc) is 2.29. The highest BCUT2D eigenvalue weighted by atomic mass is 35.5. The zero-order valence-electron chi connectivity index (χ0n) is 9.41. The second-order valence-electron chi connectivity index (χ2n) is 3.83. The maximum atomic E-state index is 6.04. The Hall–Kier alpha value is -1.87. The minimum atomic E-state index is 0.492. The monoisotopic (exact) mass is 248 g/mol. The van der Waals surface area contributed by atoms with Gasteiger partial charge in [0, 0.05) is 6.07 Å². The van der Waals surface area contributed by atoms with Gasteiger partial charge in [0.05, 0.1) is 16.4 Å². The van der Waals surface area contributed by atoms with Gasteiger partial charge in [-0.1, -0.05) is 17.7 Å². The Balaban J connectivity index is 2.31. The van der Waals surface area contributed by atoms with Crippen molar-refractivity contribution < 1.29 is 4.74 Å². The van der Waals surface area contributed by atoms with E-state index in [1.165, 1.54) is 0 Å². The van der Waals surface area contributed by atoms with Crippen molar-refractivity contribution in [2.45, 2.75) is 6.92 Å². The number of hydrogen-bond acceptors (Lipinski definition) is 3. The van der Waals surface area contributed by atoms with Crippen LogP contribution in [0, 0.1) is 6.92 Å². The van der Waals surface area contributed by atoms with Crippen molar-refractivity contribution in [2.24, 2.45) is 0 Å². The summed E-state index contributed by atoms with van der Waals surface area (Å²) >= 11 is 6.04. The van der Waals surface area contributed by atoms with Gasteiger partial charge < -0.3 is 16.2 Å². The van der Waals surface area contributed by atoms with Crippen LogP contribution in [0.25, 0.3) is 0 Å². The molecule has 0 fully saturated rings. The van der Waals surface area contributed by atoms with E-state index in [1.807, 2.05) is 19.1 Å². The second-order valence-corrected chi connectivity index (χ2v) is 4.23. The van der Waals surface area contributed by atoms with Crippen LogP contribution in [-0.2, 0) is 0 Å². The SMILES string of the molecule is Cc1ccc(Cl)c(Oc2ccc(N)c(N)c2)c1. The lowest BCUT2D eigenvalue weighted by molar-refractivity contribution is 0.483. The zero-order chi connectivity index (χ0) is 12.4. The fraction of sp³-hybridized carbons (Fsp3) is 0.0769. The Morgan fingerprint density at radius 2 is 1.76 bits per heavy atom. The van der Waals surface area contributed by atoms with E-state index < -0.39 is 0 Å². The summed E-state index contributed by atoms with van der Waals surface area (Å²) in [6.45, 7) is 1.97. The number of benzene rings is 2. The number of nitrogen functional groups attached to an aromatic ring is 2. The molecule has 17 heavy (non-hydrogen) atoms. The summed E-state index contributed by atoms with van der Waals surface area (Å²) < 4.78 is 5.66. The maximum absolute atomic E-state index is 6.04. The van der Waals surface area contributed by atoms with E-state index in [2.05, 4.69) is 0 Å². The van der Waals surface area contributed by atoms with Crippen LogP contribution in [0.5, 0.6) is 11.5 Å². The second kappa shape index (κ2) is 4.55. The highest BCUT2D eigenvalue weighted by molar-refractivity contribution is 6.32. The normalized spacial score (nSPS) is 10.2. The van der Waals surface area contributed by atoms with Gasteiger partial charge in [-0.2, -0.15) is 0 Å². The highest BCUT2D eigenvalue weighted by Crippen LogP contribution is 2.31. The van der Waals surface area contributed by atoms with Crippen LogP contribution in [0.15, 0.2) is 36.4 Å². The molecule has 0 saturated heterocycles. The average molecular weight is 249 g/mol. The first-order chi connectivity index (χ1) is 8.06. The summed E-state index contributed by atoms with van der Waals surface area (Å²) in [5.41, 5.74) is 13.4. The molecule has 0 saturated carbocycles. The Labute approximate surface area is 105 Å². The molecule has 0 aliphatic carbocycles. The third-order valence-corrected chi connectivity index (χ3v) is 2.69. The lowest BCUT2D eigenvalue weighted by Gasteiger charge is -2.09. The third kappa shape index (κ3) is 2.63. The predicted octanol–water partition coefficient (Wildman–Crippen LogP) is 3.61. The van der Waals surface area contributed by atoms with Crippen molar-refractivity contribution in [3.05, 3.63) is 47.0 Å². The molecule has 0 unspecified atom stereocenters. The lowest BCUT2D eigenvalue weighted by Crippen LogP contribution is -1.95. The van der Waals surface area contributed by atoms with Gasteiger partial charge in [-0.05, 0) is 36.8 Å². The molecule has 88 valence electrons. The number of rotatable bonds is 2. The van der Waals surface area contributed by atoms with Crippen LogP contribution in [-0.4, -0.2) is 0 Å². The third-order valence-electron chi connectivity index (χ3n) is 2.37. The lowest BCUT2D eigenvalue weighted by atomic mass is 10.2. The minimum Gasteiger partial charge on any atom is -0.456 e. The first-order valence-corrected chi connectivity index (χ1v) is 5.53. The van der Waals surface area contributed by atoms with Crippen molar-refractivity contribution >= 4 is 23.0 Å². The smallest absolute Gasteiger partial charge is 0.146 e. The Kier molecular flexibility index (Phi) is 3.11. The highest BCUT2D eigenvalue weighted by Gasteiger charge is 2.04. The van der Waals surface area contributed by atoms with E-state index in [0.717, 1.165) is 5.56 Å². The summed E-state index contributed by atoms with van der Waals surface area (Å²) in [6, 6.07) is 10.7. The number of anilines is 2. The molecule has 0 bridgehead atoms. The van der Waals surface area contributed by atoms with Crippen molar-refractivity contribution in [3.8, 4) is 11.5 Å². The summed E-state index contributed by atoms with van der Waals surface area (Å²) in [5, 5.41) is 0.561. The standard InChI is InChI=1S/C13H13ClN2O/c1-8-2-4-10(14)13(6-8)17-9-3-5-11(15)12(16)7-9/h2-7H,15-16H2,1H3. The van der Waals surface area contributed by atoms with Gasteiger partial charge in [0.1, 0.15) is 11.5 Å². The molecule has 0 aliphatic heterocycles. The molecule has 2 rings (SSSR count). The van der Waals surface area contributed by atoms with Crippen LogP contribution < -0.4 is 16.2 Å². The largest absolute Gasteiger partial charge is 0.456 e. The zero-order valence-corrected chi connectivity index (χ0v) is 10.2. The molecule has 0 atom stereocenters. The molecule has 2 aromatic rings. The van der Waals surface area contributed by atoms with Crippen molar-refractivity contribution in [3.63, 3.8) is 0 Å². The van der Waals surface area contributed by atoms with Gasteiger partial charge in [-0.15, -0.1) is 0 Å². The Bertz CT molecular complexity index is 555. The van der Waals surface area contributed by atoms with Crippen LogP contribution >= 0.6 is 11.6 Å². The van der Waals surface area contributed by atoms with E-state index >= 15 is 0 Å². The van der Waals surface area contributed by atoms with E-state index in [0.29, 0.717) is 27.9 Å². The summed E-state index contributed by atoms with van der Waals surface area (Å²) in [6.07, 6.45) is 0. The fourth-order valence-corrected chi connectivity index (χ4v) is 1.59. The Morgan fingerprint density at radius 3 is 2.47 bits per heavy atom. The van der Waals surface area contributed by atoms with Crippen LogP contribution in [0.4, 0.5) is 11.4 Å². The van der Waals surface area contributed by atoms with Gasteiger partial charge >= 0.3 is 0 Å². The molecule has 0 amide bonds. The molecule has 0 radical (unpaired) electrons. The Morgan fingerprint density at radius 1 is 1.00 bits per heavy atom. The number of hydrogen-bond donors (Lipinski definition) is 2. The van der Waals surface area contributed by atoms with Gasteiger partial charge in [-0.3, -0.25) is 0 Å². The number of aryl methyl sites for hydroxylation is 1. The van der Waals surface area contributed by atoms with Crippen molar-refractivity contribution in [1.29, 1.82) is 0 Å². The number of nitrogens with two attached hydrogens (primary N) is 2. The van der Waals surface area contributed by atoms with Gasteiger partial charge in [0.15, 0.2) is 0 Å². The molecular weight excluding hydrogens is 236 g/mol. The number of halogens is 1. The summed E-state index contributed by atoms with van der Waals surface area (Å²) in [5.74, 6) is 1.22. The summed E-state index contributed by atoms with van der Waals surface area (Å²) in [7, 11) is 0. The topological polar surface area (TPSA) is 61.3 Å². The first kappa shape index (κ1) is 11.6. The molecule has 4 heteroatoms. The first-order valence-electron chi connectivity index (χ1n) is 5.15.